The van der Waals surface area contributed by atoms with Crippen molar-refractivity contribution in [2.24, 2.45) is 0 Å². The lowest BCUT2D eigenvalue weighted by atomic mass is 10.2. The topological polar surface area (TPSA) is 58.6 Å². The molecule has 1 aromatic carbocycles. The van der Waals surface area contributed by atoms with Gasteiger partial charge in [-0.15, -0.1) is 0 Å². The van der Waals surface area contributed by atoms with Gasteiger partial charge in [-0.1, -0.05) is 12.1 Å². The predicted molar refractivity (Wildman–Crippen MR) is 98.8 cm³/mol. The zero-order chi connectivity index (χ0) is 18.0. The first-order valence-electron chi connectivity index (χ1n) is 8.76. The molecule has 6 nitrogen and oxygen atoms in total. The Kier molecular flexibility index (Phi) is 4.79. The van der Waals surface area contributed by atoms with E-state index in [9.17, 15) is 4.79 Å². The summed E-state index contributed by atoms with van der Waals surface area (Å²) in [7, 11) is 1.99. The Morgan fingerprint density at radius 2 is 2.04 bits per heavy atom. The molecule has 0 spiro atoms. The van der Waals surface area contributed by atoms with E-state index in [4.69, 9.17) is 4.74 Å². The first-order chi connectivity index (χ1) is 11.8. The average molecular weight is 342 g/mol. The van der Waals surface area contributed by atoms with Crippen molar-refractivity contribution in [3.8, 4) is 0 Å². The van der Waals surface area contributed by atoms with Crippen LogP contribution in [-0.2, 0) is 4.74 Å². The number of nitrogens with zero attached hydrogens (tertiary/aromatic N) is 4. The molecule has 0 unspecified atom stereocenters. The van der Waals surface area contributed by atoms with E-state index in [0.29, 0.717) is 6.54 Å². The van der Waals surface area contributed by atoms with Crippen LogP contribution in [0.5, 0.6) is 0 Å². The van der Waals surface area contributed by atoms with Gasteiger partial charge < -0.3 is 14.5 Å². The highest BCUT2D eigenvalue weighted by Gasteiger charge is 2.33. The molecular weight excluding hydrogens is 316 g/mol. The van der Waals surface area contributed by atoms with Gasteiger partial charge in [0, 0.05) is 20.1 Å². The molecular formula is C19H26N4O2. The fourth-order valence-electron chi connectivity index (χ4n) is 3.13. The van der Waals surface area contributed by atoms with Gasteiger partial charge in [0.25, 0.3) is 0 Å². The zero-order valence-corrected chi connectivity index (χ0v) is 15.4. The molecule has 3 rings (SSSR count). The monoisotopic (exact) mass is 342 g/mol. The minimum atomic E-state index is -0.472. The third-order valence-electron chi connectivity index (χ3n) is 4.32. The lowest BCUT2D eigenvalue weighted by Crippen LogP contribution is -2.44. The molecule has 1 fully saturated rings. The highest BCUT2D eigenvalue weighted by molar-refractivity contribution is 5.75. The SMILES string of the molecule is CN(C[C@H]1CCCN1C(=O)OC(C)(C)C)c1cnc2ccccc2n1. The molecule has 6 heteroatoms. The van der Waals surface area contributed by atoms with Crippen LogP contribution in [0.15, 0.2) is 30.5 Å². The molecule has 1 aliphatic heterocycles. The molecule has 1 saturated heterocycles. The quantitative estimate of drug-likeness (QED) is 0.855. The highest BCUT2D eigenvalue weighted by Crippen LogP contribution is 2.23. The number of amides is 1. The number of ether oxygens (including phenoxy) is 1. The Balaban J connectivity index is 1.70. The number of rotatable bonds is 3. The van der Waals surface area contributed by atoms with Crippen LogP contribution >= 0.6 is 0 Å². The molecule has 0 aliphatic carbocycles. The molecule has 25 heavy (non-hydrogen) atoms. The summed E-state index contributed by atoms with van der Waals surface area (Å²) in [5.41, 5.74) is 1.29. The molecule has 0 radical (unpaired) electrons. The van der Waals surface area contributed by atoms with Crippen molar-refractivity contribution in [2.75, 3.05) is 25.0 Å². The molecule has 1 atom stereocenters. The fraction of sp³-hybridized carbons (Fsp3) is 0.526. The van der Waals surface area contributed by atoms with Crippen molar-refractivity contribution in [1.29, 1.82) is 0 Å². The lowest BCUT2D eigenvalue weighted by molar-refractivity contribution is 0.0232. The molecule has 134 valence electrons. The Bertz CT molecular complexity index is 756. The third kappa shape index (κ3) is 4.18. The van der Waals surface area contributed by atoms with E-state index in [1.54, 1.807) is 6.20 Å². The van der Waals surface area contributed by atoms with E-state index in [1.165, 1.54) is 0 Å². The van der Waals surface area contributed by atoms with Gasteiger partial charge in [0.2, 0.25) is 0 Å². The van der Waals surface area contributed by atoms with Gasteiger partial charge in [0.15, 0.2) is 0 Å². The normalized spacial score (nSPS) is 17.8. The van der Waals surface area contributed by atoms with Crippen molar-refractivity contribution < 1.29 is 9.53 Å². The van der Waals surface area contributed by atoms with Crippen molar-refractivity contribution in [3.05, 3.63) is 30.5 Å². The molecule has 0 bridgehead atoms. The number of hydrogen-bond donors (Lipinski definition) is 0. The van der Waals surface area contributed by atoms with Gasteiger partial charge >= 0.3 is 6.09 Å². The Morgan fingerprint density at radius 1 is 1.32 bits per heavy atom. The van der Waals surface area contributed by atoms with Gasteiger partial charge in [0.1, 0.15) is 11.4 Å². The predicted octanol–water partition coefficient (Wildman–Crippen LogP) is 3.47. The third-order valence-corrected chi connectivity index (χ3v) is 4.32. The minimum absolute atomic E-state index is 0.133. The average Bonchev–Trinajstić information content (AvgIpc) is 3.01. The molecule has 1 aliphatic rings. The summed E-state index contributed by atoms with van der Waals surface area (Å²) in [6, 6.07) is 7.96. The van der Waals surface area contributed by atoms with Crippen LogP contribution in [-0.4, -0.2) is 52.7 Å². The number of likely N-dealkylation sites (N-methyl/N-ethyl adjacent to an activating group) is 1. The number of likely N-dealkylation sites (tertiary alicyclic amines) is 1. The van der Waals surface area contributed by atoms with E-state index in [0.717, 1.165) is 36.2 Å². The number of carbonyl (C=O) groups excluding carboxylic acids is 1. The molecule has 1 amide bonds. The maximum Gasteiger partial charge on any atom is 0.410 e. The molecule has 0 saturated carbocycles. The van der Waals surface area contributed by atoms with Crippen molar-refractivity contribution >= 4 is 22.9 Å². The molecule has 0 N–H and O–H groups in total. The number of benzene rings is 1. The second-order valence-corrected chi connectivity index (χ2v) is 7.57. The van der Waals surface area contributed by atoms with Crippen LogP contribution in [0, 0.1) is 0 Å². The van der Waals surface area contributed by atoms with E-state index in [1.807, 2.05) is 57.0 Å². The maximum absolute atomic E-state index is 12.4. The summed E-state index contributed by atoms with van der Waals surface area (Å²) in [5, 5.41) is 0. The van der Waals surface area contributed by atoms with Crippen LogP contribution in [0.2, 0.25) is 0 Å². The number of anilines is 1. The fourth-order valence-corrected chi connectivity index (χ4v) is 3.13. The van der Waals surface area contributed by atoms with Gasteiger partial charge in [-0.05, 0) is 45.7 Å². The summed E-state index contributed by atoms with van der Waals surface area (Å²) < 4.78 is 5.54. The number of carbonyl (C=O) groups is 1. The van der Waals surface area contributed by atoms with Crippen molar-refractivity contribution in [3.63, 3.8) is 0 Å². The summed E-state index contributed by atoms with van der Waals surface area (Å²) >= 11 is 0. The van der Waals surface area contributed by atoms with Gasteiger partial charge in [0.05, 0.1) is 23.3 Å². The number of fused-ring (bicyclic) bond motifs is 1. The van der Waals surface area contributed by atoms with E-state index in [2.05, 4.69) is 14.9 Å². The van der Waals surface area contributed by atoms with Crippen molar-refractivity contribution in [2.45, 2.75) is 45.3 Å². The zero-order valence-electron chi connectivity index (χ0n) is 15.4. The highest BCUT2D eigenvalue weighted by atomic mass is 16.6. The summed E-state index contributed by atoms with van der Waals surface area (Å²) in [6.45, 7) is 7.15. The number of hydrogen-bond acceptors (Lipinski definition) is 5. The standard InChI is InChI=1S/C19H26N4O2/c1-19(2,3)25-18(24)23-11-7-8-14(23)13-22(4)17-12-20-15-9-5-6-10-16(15)21-17/h5-6,9-10,12,14H,7-8,11,13H2,1-4H3/t14-/m1/s1. The summed E-state index contributed by atoms with van der Waals surface area (Å²) in [4.78, 5) is 25.5. The van der Waals surface area contributed by atoms with Crippen LogP contribution in [0.4, 0.5) is 10.6 Å². The van der Waals surface area contributed by atoms with Gasteiger partial charge in [-0.25, -0.2) is 9.78 Å². The largest absolute Gasteiger partial charge is 0.444 e. The minimum Gasteiger partial charge on any atom is -0.444 e. The van der Waals surface area contributed by atoms with Crippen LogP contribution in [0.1, 0.15) is 33.6 Å². The Hall–Kier alpha value is -2.37. The smallest absolute Gasteiger partial charge is 0.410 e. The van der Waals surface area contributed by atoms with E-state index in [-0.39, 0.29) is 12.1 Å². The maximum atomic E-state index is 12.4. The Morgan fingerprint density at radius 3 is 2.76 bits per heavy atom. The van der Waals surface area contributed by atoms with Gasteiger partial charge in [-0.3, -0.25) is 4.98 Å². The first-order valence-corrected chi connectivity index (χ1v) is 8.76. The number of aromatic nitrogens is 2. The second-order valence-electron chi connectivity index (χ2n) is 7.57. The van der Waals surface area contributed by atoms with E-state index < -0.39 is 5.60 Å². The molecule has 2 heterocycles. The second kappa shape index (κ2) is 6.86. The molecule has 1 aromatic heterocycles. The van der Waals surface area contributed by atoms with Crippen molar-refractivity contribution in [1.82, 2.24) is 14.9 Å². The number of para-hydroxylation sites is 2. The molecule has 2 aromatic rings. The van der Waals surface area contributed by atoms with Gasteiger partial charge in [-0.2, -0.15) is 0 Å². The van der Waals surface area contributed by atoms with Crippen LogP contribution in [0.3, 0.4) is 0 Å². The summed E-state index contributed by atoms with van der Waals surface area (Å²) in [5.74, 6) is 0.815. The first kappa shape index (κ1) is 17.5. The lowest BCUT2D eigenvalue weighted by Gasteiger charge is -2.31. The summed E-state index contributed by atoms with van der Waals surface area (Å²) in [6.07, 6.45) is 3.54. The van der Waals surface area contributed by atoms with Crippen LogP contribution in [0.25, 0.3) is 11.0 Å². The Labute approximate surface area is 148 Å². The van der Waals surface area contributed by atoms with Crippen LogP contribution < -0.4 is 4.90 Å². The van der Waals surface area contributed by atoms with E-state index >= 15 is 0 Å².